The number of nitrogens with zero attached hydrogens (tertiary/aromatic N) is 3. The molecule has 1 fully saturated rings. The van der Waals surface area contributed by atoms with Crippen LogP contribution in [0.1, 0.15) is 50.5 Å². The number of pyridine rings is 1. The molecule has 1 aliphatic rings. The number of fused-ring (bicyclic) bond motifs is 2. The summed E-state index contributed by atoms with van der Waals surface area (Å²) in [6, 6.07) is 12.8. The van der Waals surface area contributed by atoms with Crippen molar-refractivity contribution in [3.63, 3.8) is 0 Å². The van der Waals surface area contributed by atoms with Gasteiger partial charge in [-0.3, -0.25) is 4.98 Å². The molecule has 1 unspecified atom stereocenters. The van der Waals surface area contributed by atoms with Gasteiger partial charge in [-0.2, -0.15) is 0 Å². The van der Waals surface area contributed by atoms with E-state index in [-0.39, 0.29) is 17.1 Å². The fourth-order valence-electron chi connectivity index (χ4n) is 5.20. The number of hydrogen-bond donors (Lipinski definition) is 1. The topological polar surface area (TPSA) is 50.7 Å². The van der Waals surface area contributed by atoms with E-state index in [4.69, 9.17) is 23.2 Å². The van der Waals surface area contributed by atoms with E-state index in [0.29, 0.717) is 22.4 Å². The molecule has 1 N–H and O–H groups in total. The molecule has 2 heterocycles. The third-order valence-electron chi connectivity index (χ3n) is 6.74. The van der Waals surface area contributed by atoms with Crippen LogP contribution in [0.5, 0.6) is 0 Å². The second-order valence-corrected chi connectivity index (χ2v) is 9.78. The van der Waals surface area contributed by atoms with Gasteiger partial charge in [0.15, 0.2) is 0 Å². The van der Waals surface area contributed by atoms with Crippen molar-refractivity contribution < 1.29 is 4.39 Å². The van der Waals surface area contributed by atoms with Gasteiger partial charge in [-0.25, -0.2) is 14.4 Å². The molecule has 0 radical (unpaired) electrons. The van der Waals surface area contributed by atoms with Crippen LogP contribution in [-0.2, 0) is 0 Å². The van der Waals surface area contributed by atoms with Gasteiger partial charge in [-0.05, 0) is 104 Å². The van der Waals surface area contributed by atoms with E-state index in [9.17, 15) is 4.39 Å². The first-order valence-corrected chi connectivity index (χ1v) is 12.2. The van der Waals surface area contributed by atoms with Gasteiger partial charge in [-0.15, -0.1) is 0 Å². The Morgan fingerprint density at radius 2 is 1.85 bits per heavy atom. The van der Waals surface area contributed by atoms with Crippen molar-refractivity contribution in [2.24, 2.45) is 5.92 Å². The second-order valence-electron chi connectivity index (χ2n) is 9.04. The van der Waals surface area contributed by atoms with Crippen LogP contribution in [0.3, 0.4) is 0 Å². The summed E-state index contributed by atoms with van der Waals surface area (Å²) in [7, 11) is 0. The Kier molecular flexibility index (Phi) is 6.35. The number of halogens is 3. The first-order chi connectivity index (χ1) is 16.0. The Labute approximate surface area is 202 Å². The van der Waals surface area contributed by atoms with Crippen LogP contribution in [0.25, 0.3) is 21.8 Å². The van der Waals surface area contributed by atoms with Crippen molar-refractivity contribution in [1.82, 2.24) is 15.0 Å². The number of nitrogens with one attached hydrogen (secondary N) is 1. The first kappa shape index (κ1) is 22.3. The first-order valence-electron chi connectivity index (χ1n) is 11.4. The summed E-state index contributed by atoms with van der Waals surface area (Å²) in [6.07, 6.45) is 7.38. The monoisotopic (exact) mass is 482 g/mol. The minimum Gasteiger partial charge on any atom is -0.367 e. The van der Waals surface area contributed by atoms with E-state index in [1.807, 2.05) is 18.3 Å². The maximum atomic E-state index is 13.9. The lowest BCUT2D eigenvalue weighted by molar-refractivity contribution is 0.302. The highest BCUT2D eigenvalue weighted by atomic mass is 35.5. The Bertz CT molecular complexity index is 1300. The highest BCUT2D eigenvalue weighted by molar-refractivity contribution is 6.36. The summed E-state index contributed by atoms with van der Waals surface area (Å²) < 4.78 is 13.9. The van der Waals surface area contributed by atoms with Gasteiger partial charge in [0, 0.05) is 23.0 Å². The molecule has 4 aromatic rings. The molecule has 0 aliphatic heterocycles. The van der Waals surface area contributed by atoms with Crippen LogP contribution in [-0.4, -0.2) is 21.0 Å². The van der Waals surface area contributed by atoms with E-state index in [2.05, 4.69) is 33.3 Å². The van der Waals surface area contributed by atoms with Crippen molar-refractivity contribution in [1.29, 1.82) is 0 Å². The molecule has 33 heavy (non-hydrogen) atoms. The SMILES string of the molecule is CC(C[C@H]1CC[C@@H](c2ccnc3ccc(F)cc32)CC1)Nc1nc(Cl)nc2c(Cl)cccc12. The molecule has 2 aromatic carbocycles. The molecule has 1 atom stereocenters. The molecule has 7 heteroatoms. The minimum atomic E-state index is -0.205. The molecule has 170 valence electrons. The standard InChI is InChI=1S/C26H25Cl2FN4/c1-15(31-25-20-3-2-4-22(27)24(20)32-26(28)33-25)13-16-5-7-17(8-6-16)19-11-12-30-23-10-9-18(29)14-21(19)23/h2-4,9-12,14-17H,5-8,13H2,1H3,(H,31,32,33)/t15?,16-,17+. The smallest absolute Gasteiger partial charge is 0.224 e. The lowest BCUT2D eigenvalue weighted by atomic mass is 9.76. The van der Waals surface area contributed by atoms with Crippen molar-refractivity contribution >= 4 is 50.8 Å². The van der Waals surface area contributed by atoms with Gasteiger partial charge in [0.25, 0.3) is 0 Å². The predicted molar refractivity (Wildman–Crippen MR) is 134 cm³/mol. The van der Waals surface area contributed by atoms with E-state index in [0.717, 1.165) is 54.2 Å². The van der Waals surface area contributed by atoms with Gasteiger partial charge < -0.3 is 5.32 Å². The lowest BCUT2D eigenvalue weighted by Crippen LogP contribution is -2.23. The highest BCUT2D eigenvalue weighted by Crippen LogP contribution is 2.40. The van der Waals surface area contributed by atoms with Crippen LogP contribution in [0.15, 0.2) is 48.7 Å². The van der Waals surface area contributed by atoms with E-state index >= 15 is 0 Å². The molecule has 0 spiro atoms. The summed E-state index contributed by atoms with van der Waals surface area (Å²) in [5.41, 5.74) is 2.75. The van der Waals surface area contributed by atoms with Crippen molar-refractivity contribution in [3.05, 3.63) is 70.3 Å². The van der Waals surface area contributed by atoms with Gasteiger partial charge in [0.05, 0.1) is 16.1 Å². The number of benzene rings is 2. The fraction of sp³-hybridized carbons (Fsp3) is 0.346. The quantitative estimate of drug-likeness (QED) is 0.295. The Morgan fingerprint density at radius 3 is 2.67 bits per heavy atom. The largest absolute Gasteiger partial charge is 0.367 e. The summed E-state index contributed by atoms with van der Waals surface area (Å²) >= 11 is 12.4. The predicted octanol–water partition coefficient (Wildman–Crippen LogP) is 7.79. The summed E-state index contributed by atoms with van der Waals surface area (Å²) in [4.78, 5) is 13.1. The number of anilines is 1. The average Bonchev–Trinajstić information content (AvgIpc) is 2.80. The summed E-state index contributed by atoms with van der Waals surface area (Å²) in [5.74, 6) is 1.59. The number of para-hydroxylation sites is 1. The molecule has 4 nitrogen and oxygen atoms in total. The number of rotatable bonds is 5. The second kappa shape index (κ2) is 9.40. The molecule has 0 amide bonds. The van der Waals surface area contributed by atoms with Crippen molar-refractivity contribution in [2.45, 2.75) is 51.0 Å². The van der Waals surface area contributed by atoms with E-state index in [1.54, 1.807) is 18.2 Å². The van der Waals surface area contributed by atoms with Crippen molar-refractivity contribution in [3.8, 4) is 0 Å². The van der Waals surface area contributed by atoms with Crippen LogP contribution in [0.4, 0.5) is 10.2 Å². The molecule has 0 bridgehead atoms. The molecule has 2 aromatic heterocycles. The van der Waals surface area contributed by atoms with Crippen molar-refractivity contribution in [2.75, 3.05) is 5.32 Å². The maximum Gasteiger partial charge on any atom is 0.224 e. The van der Waals surface area contributed by atoms with Gasteiger partial charge in [-0.1, -0.05) is 17.7 Å². The normalized spacial score (nSPS) is 19.6. The van der Waals surface area contributed by atoms with Gasteiger partial charge >= 0.3 is 0 Å². The Hall–Kier alpha value is -2.50. The third-order valence-corrected chi connectivity index (χ3v) is 7.22. The summed E-state index contributed by atoms with van der Waals surface area (Å²) in [5, 5.41) is 6.10. The third kappa shape index (κ3) is 4.75. The number of aromatic nitrogens is 3. The zero-order valence-electron chi connectivity index (χ0n) is 18.4. The van der Waals surface area contributed by atoms with Crippen LogP contribution < -0.4 is 5.32 Å². The average molecular weight is 483 g/mol. The highest BCUT2D eigenvalue weighted by Gasteiger charge is 2.25. The number of hydrogen-bond acceptors (Lipinski definition) is 4. The zero-order valence-corrected chi connectivity index (χ0v) is 19.9. The molecule has 1 aliphatic carbocycles. The molecule has 1 saturated carbocycles. The van der Waals surface area contributed by atoms with Crippen LogP contribution in [0.2, 0.25) is 10.3 Å². The Balaban J connectivity index is 1.25. The van der Waals surface area contributed by atoms with Crippen LogP contribution in [0, 0.1) is 11.7 Å². The Morgan fingerprint density at radius 1 is 1.03 bits per heavy atom. The zero-order chi connectivity index (χ0) is 22.9. The molecule has 5 rings (SSSR count). The lowest BCUT2D eigenvalue weighted by Gasteiger charge is -2.31. The minimum absolute atomic E-state index is 0.187. The van der Waals surface area contributed by atoms with E-state index < -0.39 is 0 Å². The fourth-order valence-corrected chi connectivity index (χ4v) is 5.58. The molecular weight excluding hydrogens is 458 g/mol. The molecular formula is C26H25Cl2FN4. The maximum absolute atomic E-state index is 13.9. The van der Waals surface area contributed by atoms with E-state index in [1.165, 1.54) is 11.6 Å². The molecule has 0 saturated heterocycles. The van der Waals surface area contributed by atoms with Gasteiger partial charge in [0.1, 0.15) is 11.6 Å². The summed E-state index contributed by atoms with van der Waals surface area (Å²) in [6.45, 7) is 2.18. The van der Waals surface area contributed by atoms with Crippen LogP contribution >= 0.6 is 23.2 Å². The van der Waals surface area contributed by atoms with Gasteiger partial charge in [0.2, 0.25) is 5.28 Å².